The largest absolute Gasteiger partial charge is 0.439 e. The first-order valence-corrected chi connectivity index (χ1v) is 6.80. The molecule has 0 aliphatic carbocycles. The second-order valence-corrected chi connectivity index (χ2v) is 4.45. The number of hydrogen-bond acceptors (Lipinski definition) is 6. The number of rotatable bonds is 6. The summed E-state index contributed by atoms with van der Waals surface area (Å²) in [6, 6.07) is 0. The fourth-order valence-corrected chi connectivity index (χ4v) is 1.81. The molecule has 96 valence electrons. The summed E-state index contributed by atoms with van der Waals surface area (Å²) in [6.45, 7) is 6.16. The van der Waals surface area contributed by atoms with Gasteiger partial charge >= 0.3 is 0 Å². The quantitative estimate of drug-likeness (QED) is 0.734. The van der Waals surface area contributed by atoms with E-state index in [-0.39, 0.29) is 5.95 Å². The van der Waals surface area contributed by atoms with Crippen LogP contribution < -0.4 is 0 Å². The van der Waals surface area contributed by atoms with Crippen LogP contribution in [-0.4, -0.2) is 16.6 Å². The van der Waals surface area contributed by atoms with Gasteiger partial charge in [-0.2, -0.15) is 0 Å². The summed E-state index contributed by atoms with van der Waals surface area (Å²) in [5, 5.41) is 0. The molecule has 0 atom stereocenters. The first kappa shape index (κ1) is 14.1. The van der Waals surface area contributed by atoms with Gasteiger partial charge in [0.05, 0.1) is 0 Å². The summed E-state index contributed by atoms with van der Waals surface area (Å²) in [7, 11) is -1.69. The van der Waals surface area contributed by atoms with E-state index in [2.05, 4.69) is 21.3 Å². The third-order valence-electron chi connectivity index (χ3n) is 2.24. The van der Waals surface area contributed by atoms with E-state index in [4.69, 9.17) is 4.18 Å². The van der Waals surface area contributed by atoms with Gasteiger partial charge < -0.3 is 12.8 Å². The molecule has 0 aliphatic rings. The summed E-state index contributed by atoms with van der Waals surface area (Å²) in [4.78, 5) is 8.26. The van der Waals surface area contributed by atoms with Crippen molar-refractivity contribution in [2.24, 2.45) is 4.36 Å². The van der Waals surface area contributed by atoms with E-state index in [1.807, 2.05) is 6.92 Å². The average Bonchev–Trinajstić information content (AvgIpc) is 2.28. The van der Waals surface area contributed by atoms with E-state index < -0.39 is 10.9 Å². The predicted molar refractivity (Wildman–Crippen MR) is 67.1 cm³/mol. The molecule has 0 amide bonds. The molecule has 0 saturated carbocycles. The second kappa shape index (κ2) is 7.34. The Labute approximate surface area is 104 Å². The molecule has 0 bridgehead atoms. The van der Waals surface area contributed by atoms with E-state index in [9.17, 15) is 4.21 Å². The molecule has 1 heterocycles. The molecular weight excluding hydrogens is 238 g/mol. The Balaban J connectivity index is 2.81. The Bertz CT molecular complexity index is 442. The van der Waals surface area contributed by atoms with Crippen molar-refractivity contribution < 1.29 is 8.39 Å². The highest BCUT2D eigenvalue weighted by Gasteiger charge is 2.00. The first-order chi connectivity index (χ1) is 8.17. The topological polar surface area (TPSA) is 64.4 Å². The zero-order chi connectivity index (χ0) is 12.7. The van der Waals surface area contributed by atoms with Gasteiger partial charge in [0.1, 0.15) is 0 Å². The van der Waals surface area contributed by atoms with Crippen LogP contribution in [0.15, 0.2) is 10.6 Å². The number of hydrogen-bond donors (Lipinski definition) is 0. The van der Waals surface area contributed by atoms with Crippen LogP contribution in [0.1, 0.15) is 37.9 Å². The monoisotopic (exact) mass is 256 g/mol. The number of nitrogens with zero attached hydrogens (tertiary/aromatic N) is 3. The lowest BCUT2D eigenvalue weighted by molar-refractivity contribution is 0.369. The first-order valence-electron chi connectivity index (χ1n) is 5.76. The smallest absolute Gasteiger partial charge is 0.227 e. The standard InChI is InChI=1S/C11H18N3O2S/c1-4-6-7-10-8-12-11(13-9(10)3)14-17(15)16-5-2/h8H,4-7H2,1-3H3/q-1. The van der Waals surface area contributed by atoms with E-state index in [0.717, 1.165) is 30.5 Å². The maximum atomic E-state index is 11.2. The molecular formula is C11H18N3O2S-. The summed E-state index contributed by atoms with van der Waals surface area (Å²) in [5.74, 6) is 0.217. The van der Waals surface area contributed by atoms with Gasteiger partial charge in [-0.25, -0.2) is 9.97 Å². The molecule has 5 nitrogen and oxygen atoms in total. The summed E-state index contributed by atoms with van der Waals surface area (Å²) in [6.07, 6.45) is 4.97. The molecule has 0 spiro atoms. The van der Waals surface area contributed by atoms with Gasteiger partial charge in [0, 0.05) is 18.5 Å². The van der Waals surface area contributed by atoms with Crippen LogP contribution >= 0.6 is 0 Å². The van der Waals surface area contributed by atoms with Gasteiger partial charge in [-0.05, 0) is 32.3 Å². The van der Waals surface area contributed by atoms with Crippen LogP contribution in [0, 0.1) is 6.92 Å². The average molecular weight is 256 g/mol. The van der Waals surface area contributed by atoms with Crippen molar-refractivity contribution in [3.05, 3.63) is 17.5 Å². The maximum Gasteiger partial charge on any atom is 0.227 e. The fraction of sp³-hybridized carbons (Fsp3) is 0.636. The lowest BCUT2D eigenvalue weighted by Crippen LogP contribution is -1.95. The third-order valence-corrected chi connectivity index (χ3v) is 2.99. The Morgan fingerprint density at radius 1 is 1.47 bits per heavy atom. The summed E-state index contributed by atoms with van der Waals surface area (Å²) >= 11 is 0. The second-order valence-electron chi connectivity index (χ2n) is 3.60. The minimum Gasteiger partial charge on any atom is -0.439 e. The van der Waals surface area contributed by atoms with Gasteiger partial charge in [0.25, 0.3) is 0 Å². The van der Waals surface area contributed by atoms with Gasteiger partial charge in [-0.1, -0.05) is 24.2 Å². The Kier molecular flexibility index (Phi) is 6.07. The fourth-order valence-electron chi connectivity index (χ4n) is 1.33. The Morgan fingerprint density at radius 2 is 2.24 bits per heavy atom. The van der Waals surface area contributed by atoms with Crippen LogP contribution in [0.3, 0.4) is 0 Å². The Morgan fingerprint density at radius 3 is 2.82 bits per heavy atom. The van der Waals surface area contributed by atoms with Crippen LogP contribution in [0.2, 0.25) is 0 Å². The van der Waals surface area contributed by atoms with E-state index >= 15 is 0 Å². The lowest BCUT2D eigenvalue weighted by atomic mass is 10.1. The van der Waals surface area contributed by atoms with Crippen molar-refractivity contribution in [1.82, 2.24) is 9.97 Å². The highest BCUT2D eigenvalue weighted by Crippen LogP contribution is 2.12. The van der Waals surface area contributed by atoms with Crippen molar-refractivity contribution in [3.63, 3.8) is 0 Å². The molecule has 1 rings (SSSR count). The third kappa shape index (κ3) is 4.79. The normalized spacial score (nSPS) is 12.9. The van der Waals surface area contributed by atoms with E-state index in [1.165, 1.54) is 0 Å². The van der Waals surface area contributed by atoms with Crippen LogP contribution in [0.25, 0.3) is 0 Å². The number of unbranched alkanes of at least 4 members (excludes halogenated alkanes) is 1. The minimum atomic E-state index is -1.69. The van der Waals surface area contributed by atoms with Crippen LogP contribution in [-0.2, 0) is 25.7 Å². The van der Waals surface area contributed by atoms with Crippen molar-refractivity contribution in [2.45, 2.75) is 40.0 Å². The molecule has 0 unspecified atom stereocenters. The SMILES string of the molecule is CCCCc1cnc(N=[S-](=O)OCC)nc1C. The van der Waals surface area contributed by atoms with Gasteiger partial charge in [-0.3, -0.25) is 0 Å². The highest BCUT2D eigenvalue weighted by atomic mass is 32.2. The van der Waals surface area contributed by atoms with E-state index in [1.54, 1.807) is 13.1 Å². The molecule has 1 aromatic heterocycles. The highest BCUT2D eigenvalue weighted by molar-refractivity contribution is 7.69. The van der Waals surface area contributed by atoms with Crippen molar-refractivity contribution in [3.8, 4) is 0 Å². The maximum absolute atomic E-state index is 11.2. The Hall–Kier alpha value is -1.01. The zero-order valence-corrected chi connectivity index (χ0v) is 11.3. The molecule has 1 aromatic rings. The van der Waals surface area contributed by atoms with E-state index in [0.29, 0.717) is 6.61 Å². The van der Waals surface area contributed by atoms with Crippen LogP contribution in [0.4, 0.5) is 5.95 Å². The summed E-state index contributed by atoms with van der Waals surface area (Å²) < 4.78 is 19.8. The van der Waals surface area contributed by atoms with Gasteiger partial charge in [0.2, 0.25) is 5.95 Å². The molecule has 0 radical (unpaired) electrons. The molecule has 0 N–H and O–H groups in total. The molecule has 0 aliphatic heterocycles. The lowest BCUT2D eigenvalue weighted by Gasteiger charge is -2.06. The number of aryl methyl sites for hydroxylation is 2. The van der Waals surface area contributed by atoms with Crippen LogP contribution in [0.5, 0.6) is 0 Å². The van der Waals surface area contributed by atoms with Gasteiger partial charge in [0.15, 0.2) is 0 Å². The molecule has 0 fully saturated rings. The predicted octanol–water partition coefficient (Wildman–Crippen LogP) is 2.86. The molecule has 17 heavy (non-hydrogen) atoms. The summed E-state index contributed by atoms with van der Waals surface area (Å²) in [5.41, 5.74) is 2.01. The zero-order valence-electron chi connectivity index (χ0n) is 10.5. The molecule has 0 saturated heterocycles. The minimum absolute atomic E-state index is 0.217. The van der Waals surface area contributed by atoms with Crippen molar-refractivity contribution in [1.29, 1.82) is 0 Å². The van der Waals surface area contributed by atoms with Crippen molar-refractivity contribution in [2.75, 3.05) is 6.61 Å². The van der Waals surface area contributed by atoms with Gasteiger partial charge in [-0.15, -0.1) is 0 Å². The molecule has 6 heteroatoms. The van der Waals surface area contributed by atoms with Crippen molar-refractivity contribution >= 4 is 16.8 Å². The number of aromatic nitrogens is 2. The molecule has 0 aromatic carbocycles.